The molecule has 1 saturated carbocycles. The monoisotopic (exact) mass is 344 g/mol. The second-order valence-corrected chi connectivity index (χ2v) is 9.23. The Bertz CT molecular complexity index is 624. The molecule has 0 aromatic carbocycles. The molecule has 1 heterocycles. The largest absolute Gasteiger partial charge is 0.351 e. The number of hydrogen-bond acceptors (Lipinski definition) is 4. The number of hydrogen-bond donors (Lipinski definition) is 2. The van der Waals surface area contributed by atoms with Crippen LogP contribution in [0.3, 0.4) is 0 Å². The van der Waals surface area contributed by atoms with Crippen LogP contribution in [0.2, 0.25) is 0 Å². The fourth-order valence-corrected chi connectivity index (χ4v) is 5.49. The number of rotatable bonds is 5. The van der Waals surface area contributed by atoms with Crippen molar-refractivity contribution in [3.05, 3.63) is 17.0 Å². The summed E-state index contributed by atoms with van der Waals surface area (Å²) >= 11 is 1.21. The van der Waals surface area contributed by atoms with Crippen molar-refractivity contribution in [2.75, 3.05) is 0 Å². The number of carbonyl (C=O) groups excluding carboxylic acids is 1. The van der Waals surface area contributed by atoms with Gasteiger partial charge in [-0.2, -0.15) is 0 Å². The van der Waals surface area contributed by atoms with Gasteiger partial charge < -0.3 is 5.32 Å². The van der Waals surface area contributed by atoms with Gasteiger partial charge in [0.1, 0.15) is 4.21 Å². The van der Waals surface area contributed by atoms with Crippen LogP contribution in [-0.4, -0.2) is 20.4 Å². The zero-order valence-electron chi connectivity index (χ0n) is 13.3. The van der Waals surface area contributed by atoms with Gasteiger partial charge in [-0.05, 0) is 30.4 Å². The summed E-state index contributed by atoms with van der Waals surface area (Å²) < 4.78 is 28.2. The van der Waals surface area contributed by atoms with Gasteiger partial charge in [0.05, 0.1) is 6.54 Å². The minimum Gasteiger partial charge on any atom is -0.351 e. The van der Waals surface area contributed by atoms with Crippen LogP contribution < -0.4 is 10.0 Å². The van der Waals surface area contributed by atoms with Crippen LogP contribution in [0.15, 0.2) is 16.3 Å². The minimum absolute atomic E-state index is 0.00893. The molecule has 0 spiro atoms. The number of nitrogens with one attached hydrogen (secondary N) is 2. The average molecular weight is 345 g/mol. The zero-order chi connectivity index (χ0) is 16.3. The Morgan fingerprint density at radius 3 is 2.73 bits per heavy atom. The van der Waals surface area contributed by atoms with Crippen molar-refractivity contribution in [3.63, 3.8) is 0 Å². The van der Waals surface area contributed by atoms with Crippen molar-refractivity contribution in [2.24, 2.45) is 11.8 Å². The van der Waals surface area contributed by atoms with E-state index in [-0.39, 0.29) is 11.9 Å². The van der Waals surface area contributed by atoms with Gasteiger partial charge >= 0.3 is 0 Å². The molecular weight excluding hydrogens is 320 g/mol. The maximum absolute atomic E-state index is 12.5. The molecule has 1 aromatic rings. The lowest BCUT2D eigenvalue weighted by Gasteiger charge is -2.34. The predicted molar refractivity (Wildman–Crippen MR) is 88.1 cm³/mol. The maximum Gasteiger partial charge on any atom is 0.250 e. The Kier molecular flexibility index (Phi) is 5.63. The molecule has 1 aliphatic rings. The molecule has 2 N–H and O–H groups in total. The van der Waals surface area contributed by atoms with Gasteiger partial charge in [-0.1, -0.05) is 26.7 Å². The zero-order valence-corrected chi connectivity index (χ0v) is 14.9. The third-order valence-electron chi connectivity index (χ3n) is 4.43. The summed E-state index contributed by atoms with van der Waals surface area (Å²) in [5.74, 6) is 0.767. The highest BCUT2D eigenvalue weighted by Crippen LogP contribution is 2.31. The smallest absolute Gasteiger partial charge is 0.250 e. The molecule has 5 nitrogen and oxygen atoms in total. The van der Waals surface area contributed by atoms with Crippen LogP contribution >= 0.6 is 11.3 Å². The third kappa shape index (κ3) is 4.30. The van der Waals surface area contributed by atoms with E-state index in [0.29, 0.717) is 22.6 Å². The summed E-state index contributed by atoms with van der Waals surface area (Å²) in [4.78, 5) is 11.7. The Balaban J connectivity index is 2.05. The summed E-state index contributed by atoms with van der Waals surface area (Å²) in [6, 6.07) is 3.37. The molecule has 1 amide bonds. The topological polar surface area (TPSA) is 75.3 Å². The van der Waals surface area contributed by atoms with E-state index in [9.17, 15) is 13.2 Å². The Morgan fingerprint density at radius 1 is 1.32 bits per heavy atom. The predicted octanol–water partition coefficient (Wildman–Crippen LogP) is 2.49. The van der Waals surface area contributed by atoms with Gasteiger partial charge in [0, 0.05) is 17.8 Å². The van der Waals surface area contributed by atoms with Crippen LogP contribution in [-0.2, 0) is 21.4 Å². The lowest BCUT2D eigenvalue weighted by Crippen LogP contribution is -2.43. The molecule has 1 aliphatic carbocycles. The first-order valence-corrected chi connectivity index (χ1v) is 9.95. The molecule has 0 bridgehead atoms. The van der Waals surface area contributed by atoms with E-state index < -0.39 is 10.0 Å². The van der Waals surface area contributed by atoms with Crippen molar-refractivity contribution in [3.8, 4) is 0 Å². The molecule has 1 fully saturated rings. The summed E-state index contributed by atoms with van der Waals surface area (Å²) in [5, 5.41) is 2.68. The molecule has 22 heavy (non-hydrogen) atoms. The highest BCUT2D eigenvalue weighted by atomic mass is 32.2. The van der Waals surface area contributed by atoms with Gasteiger partial charge in [0.15, 0.2) is 0 Å². The van der Waals surface area contributed by atoms with Crippen LogP contribution in [0.5, 0.6) is 0 Å². The van der Waals surface area contributed by atoms with E-state index in [1.165, 1.54) is 24.7 Å². The number of sulfonamides is 1. The van der Waals surface area contributed by atoms with Gasteiger partial charge in [0.2, 0.25) is 15.9 Å². The molecule has 0 radical (unpaired) electrons. The van der Waals surface area contributed by atoms with Crippen molar-refractivity contribution >= 4 is 27.3 Å². The molecule has 3 atom stereocenters. The molecule has 0 aliphatic heterocycles. The summed E-state index contributed by atoms with van der Waals surface area (Å²) in [6.07, 6.45) is 3.13. The van der Waals surface area contributed by atoms with Crippen molar-refractivity contribution in [1.82, 2.24) is 10.0 Å². The first kappa shape index (κ1) is 17.4. The van der Waals surface area contributed by atoms with Crippen LogP contribution in [0, 0.1) is 11.8 Å². The third-order valence-corrected chi connectivity index (χ3v) is 7.49. The fraction of sp³-hybridized carbons (Fsp3) is 0.667. The van der Waals surface area contributed by atoms with Gasteiger partial charge in [-0.25, -0.2) is 13.1 Å². The van der Waals surface area contributed by atoms with E-state index in [2.05, 4.69) is 23.9 Å². The van der Waals surface area contributed by atoms with E-state index in [0.717, 1.165) is 17.7 Å². The molecule has 1 aromatic heterocycles. The molecule has 0 unspecified atom stereocenters. The first-order chi connectivity index (χ1) is 10.3. The van der Waals surface area contributed by atoms with Gasteiger partial charge in [-0.3, -0.25) is 4.79 Å². The van der Waals surface area contributed by atoms with Gasteiger partial charge in [0.25, 0.3) is 0 Å². The Morgan fingerprint density at radius 2 is 2.05 bits per heavy atom. The number of thiophene rings is 1. The van der Waals surface area contributed by atoms with Crippen molar-refractivity contribution in [2.45, 2.75) is 56.8 Å². The van der Waals surface area contributed by atoms with Crippen LogP contribution in [0.1, 0.15) is 44.9 Å². The van der Waals surface area contributed by atoms with Gasteiger partial charge in [-0.15, -0.1) is 11.3 Å². The lowest BCUT2D eigenvalue weighted by molar-refractivity contribution is -0.119. The second-order valence-electron chi connectivity index (χ2n) is 6.13. The van der Waals surface area contributed by atoms with E-state index in [1.807, 2.05) is 0 Å². The lowest BCUT2D eigenvalue weighted by atomic mass is 9.78. The van der Waals surface area contributed by atoms with E-state index >= 15 is 0 Å². The second kappa shape index (κ2) is 7.10. The summed E-state index contributed by atoms with van der Waals surface area (Å²) in [6.45, 7) is 6.11. The molecule has 0 saturated heterocycles. The average Bonchev–Trinajstić information content (AvgIpc) is 2.91. The van der Waals surface area contributed by atoms with E-state index in [4.69, 9.17) is 0 Å². The van der Waals surface area contributed by atoms with Crippen molar-refractivity contribution < 1.29 is 13.2 Å². The normalized spacial score (nSPS) is 25.9. The summed E-state index contributed by atoms with van der Waals surface area (Å²) in [5.41, 5.74) is 0. The van der Waals surface area contributed by atoms with Crippen molar-refractivity contribution in [1.29, 1.82) is 0 Å². The number of carbonyl (C=O) groups is 1. The number of amides is 1. The quantitative estimate of drug-likeness (QED) is 0.862. The molecule has 2 rings (SSSR count). The fourth-order valence-electron chi connectivity index (χ4n) is 2.81. The highest BCUT2D eigenvalue weighted by molar-refractivity contribution is 7.91. The maximum atomic E-state index is 12.5. The Hall–Kier alpha value is -0.920. The first-order valence-electron chi connectivity index (χ1n) is 7.65. The van der Waals surface area contributed by atoms with E-state index in [1.54, 1.807) is 12.1 Å². The Labute approximate surface area is 136 Å². The van der Waals surface area contributed by atoms with Crippen LogP contribution in [0.4, 0.5) is 0 Å². The highest BCUT2D eigenvalue weighted by Gasteiger charge is 2.31. The standard InChI is InChI=1S/C15H24N2O3S2/c1-10-5-4-6-14(11(10)2)17-22(19,20)15-8-7-13(21-15)9-16-12(3)18/h7-8,10-11,14,17H,4-6,9H2,1-3H3,(H,16,18)/t10-,11-,14-/m1/s1. The molecule has 7 heteroatoms. The minimum atomic E-state index is -3.48. The molecule has 124 valence electrons. The molecular formula is C15H24N2O3S2. The van der Waals surface area contributed by atoms with Crippen LogP contribution in [0.25, 0.3) is 0 Å². The summed E-state index contributed by atoms with van der Waals surface area (Å²) in [7, 11) is -3.48. The SMILES string of the molecule is CC(=O)NCc1ccc(S(=O)(=O)N[C@@H]2CCC[C@@H](C)[C@H]2C)s1.